The van der Waals surface area contributed by atoms with E-state index in [1.807, 2.05) is 0 Å². The molecule has 3 atom stereocenters. The molecule has 2 heteroatoms. The van der Waals surface area contributed by atoms with Crippen molar-refractivity contribution in [3.05, 3.63) is 0 Å². The summed E-state index contributed by atoms with van der Waals surface area (Å²) in [7, 11) is 0. The lowest BCUT2D eigenvalue weighted by Gasteiger charge is -2.36. The minimum Gasteiger partial charge on any atom is -0.870 e. The Morgan fingerprint density at radius 2 is 2.08 bits per heavy atom. The molecular weight excluding hydrogens is 150 g/mol. The van der Waals surface area contributed by atoms with Crippen molar-refractivity contribution < 1.29 is 11.2 Å². The van der Waals surface area contributed by atoms with Gasteiger partial charge < -0.3 is 11.2 Å². The van der Waals surface area contributed by atoms with E-state index in [0.29, 0.717) is 5.54 Å². The summed E-state index contributed by atoms with van der Waals surface area (Å²) in [4.78, 5) is 0. The molecular formula is C10H23NO. The molecule has 0 aliphatic heterocycles. The van der Waals surface area contributed by atoms with E-state index in [1.54, 1.807) is 0 Å². The maximum atomic E-state index is 4.28. The molecule has 2 nitrogen and oxygen atoms in total. The van der Waals surface area contributed by atoms with Crippen LogP contribution >= 0.6 is 0 Å². The largest absolute Gasteiger partial charge is 0.870 e. The predicted molar refractivity (Wildman–Crippen MR) is 50.0 cm³/mol. The van der Waals surface area contributed by atoms with Gasteiger partial charge in [-0.1, -0.05) is 20.3 Å². The molecule has 4 N–H and O–H groups in total. The van der Waals surface area contributed by atoms with E-state index >= 15 is 0 Å². The summed E-state index contributed by atoms with van der Waals surface area (Å²) < 4.78 is 0. The van der Waals surface area contributed by atoms with Crippen LogP contribution in [-0.4, -0.2) is 11.0 Å². The maximum Gasteiger partial charge on any atom is 0.0943 e. The van der Waals surface area contributed by atoms with Gasteiger partial charge in [-0.25, -0.2) is 0 Å². The number of hydrogen-bond donors (Lipinski definition) is 1. The van der Waals surface area contributed by atoms with Crippen LogP contribution in [-0.2, 0) is 0 Å². The monoisotopic (exact) mass is 173 g/mol. The topological polar surface area (TPSA) is 57.6 Å². The van der Waals surface area contributed by atoms with E-state index in [1.165, 1.54) is 25.7 Å². The first-order valence-corrected chi connectivity index (χ1v) is 4.91. The zero-order valence-electron chi connectivity index (χ0n) is 8.64. The van der Waals surface area contributed by atoms with Crippen molar-refractivity contribution in [1.29, 1.82) is 0 Å². The summed E-state index contributed by atoms with van der Waals surface area (Å²) >= 11 is 0. The maximum absolute atomic E-state index is 4.28. The molecule has 1 aliphatic carbocycles. The Morgan fingerprint density at radius 1 is 1.50 bits per heavy atom. The minimum absolute atomic E-state index is 0. The third-order valence-electron chi connectivity index (χ3n) is 3.58. The second kappa shape index (κ2) is 4.24. The Labute approximate surface area is 75.8 Å². The van der Waals surface area contributed by atoms with Crippen molar-refractivity contribution in [2.75, 3.05) is 0 Å². The van der Waals surface area contributed by atoms with Crippen LogP contribution in [0.25, 0.3) is 0 Å². The predicted octanol–water partition coefficient (Wildman–Crippen LogP) is 1.66. The van der Waals surface area contributed by atoms with Crippen LogP contribution in [0.4, 0.5) is 0 Å². The van der Waals surface area contributed by atoms with Gasteiger partial charge in [0.1, 0.15) is 0 Å². The molecule has 0 heterocycles. The lowest BCUT2D eigenvalue weighted by atomic mass is 9.70. The zero-order chi connectivity index (χ0) is 8.48. The fourth-order valence-electron chi connectivity index (χ4n) is 2.05. The first-order valence-electron chi connectivity index (χ1n) is 4.91. The highest BCUT2D eigenvalue weighted by Crippen LogP contribution is 2.34. The Balaban J connectivity index is 0.00000121. The standard InChI is InChI=1S/C10H21N.H2O/c1-4-9-5-6-10(3,11)8(2)7-9;/h8-9H,4-7,11H2,1-3H3;1H2. The zero-order valence-corrected chi connectivity index (χ0v) is 8.64. The highest BCUT2D eigenvalue weighted by Gasteiger charge is 2.36. The van der Waals surface area contributed by atoms with Crippen molar-refractivity contribution >= 4 is 0 Å². The Morgan fingerprint density at radius 3 is 2.50 bits per heavy atom. The molecule has 74 valence electrons. The smallest absolute Gasteiger partial charge is 0.0943 e. The van der Waals surface area contributed by atoms with E-state index in [0.717, 1.165) is 11.8 Å². The molecule has 0 radical (unpaired) electrons. The molecule has 1 saturated carbocycles. The Bertz CT molecular complexity index is 134. The molecule has 1 aliphatic rings. The van der Waals surface area contributed by atoms with Crippen molar-refractivity contribution in [1.82, 2.24) is 0 Å². The van der Waals surface area contributed by atoms with Gasteiger partial charge >= 0.3 is 0 Å². The van der Waals surface area contributed by atoms with E-state index in [9.17, 15) is 0 Å². The van der Waals surface area contributed by atoms with Gasteiger partial charge in [-0.05, 0) is 25.7 Å². The molecule has 0 aromatic rings. The lowest BCUT2D eigenvalue weighted by molar-refractivity contribution is -0.492. The van der Waals surface area contributed by atoms with Gasteiger partial charge in [0, 0.05) is 12.3 Å². The summed E-state index contributed by atoms with van der Waals surface area (Å²) in [5.74, 6) is 1.81. The van der Waals surface area contributed by atoms with Gasteiger partial charge in [-0.15, -0.1) is 0 Å². The van der Waals surface area contributed by atoms with Crippen LogP contribution in [0, 0.1) is 11.8 Å². The molecule has 3 unspecified atom stereocenters. The second-order valence-electron chi connectivity index (χ2n) is 4.60. The van der Waals surface area contributed by atoms with Crippen LogP contribution in [0.3, 0.4) is 0 Å². The summed E-state index contributed by atoms with van der Waals surface area (Å²) in [5.41, 5.74) is 4.65. The van der Waals surface area contributed by atoms with Gasteiger partial charge in [-0.3, -0.25) is 0 Å². The van der Waals surface area contributed by atoms with Crippen LogP contribution in [0.2, 0.25) is 0 Å². The van der Waals surface area contributed by atoms with E-state index in [2.05, 4.69) is 26.5 Å². The molecule has 0 spiro atoms. The third-order valence-corrected chi connectivity index (χ3v) is 3.58. The normalized spacial score (nSPS) is 42.0. The van der Waals surface area contributed by atoms with E-state index < -0.39 is 0 Å². The molecule has 0 saturated heterocycles. The first kappa shape index (κ1) is 11.9. The highest BCUT2D eigenvalue weighted by molar-refractivity contribution is 4.85. The number of hydrogen-bond acceptors (Lipinski definition) is 1. The van der Waals surface area contributed by atoms with E-state index in [-0.39, 0.29) is 5.48 Å². The molecule has 12 heavy (non-hydrogen) atoms. The van der Waals surface area contributed by atoms with Gasteiger partial charge in [-0.2, -0.15) is 0 Å². The molecule has 1 fully saturated rings. The Kier molecular flexibility index (Phi) is 4.21. The molecule has 0 aromatic carbocycles. The SMILES string of the molecule is CCC1CCC(C)([NH3+])C(C)C1.[OH-]. The lowest BCUT2D eigenvalue weighted by Crippen LogP contribution is -2.75. The average Bonchev–Trinajstić information content (AvgIpc) is 1.95. The van der Waals surface area contributed by atoms with Gasteiger partial charge in [0.25, 0.3) is 0 Å². The van der Waals surface area contributed by atoms with Crippen LogP contribution in [0.5, 0.6) is 0 Å². The van der Waals surface area contributed by atoms with Crippen LogP contribution < -0.4 is 5.73 Å². The average molecular weight is 173 g/mol. The third kappa shape index (κ3) is 2.46. The van der Waals surface area contributed by atoms with Crippen LogP contribution in [0.1, 0.15) is 46.5 Å². The van der Waals surface area contributed by atoms with E-state index in [4.69, 9.17) is 0 Å². The number of rotatable bonds is 1. The quantitative estimate of drug-likeness (QED) is 0.644. The number of quaternary nitrogens is 1. The summed E-state index contributed by atoms with van der Waals surface area (Å²) in [6, 6.07) is 0. The first-order chi connectivity index (χ1) is 5.06. The second-order valence-corrected chi connectivity index (χ2v) is 4.60. The fraction of sp³-hybridized carbons (Fsp3) is 1.00. The minimum atomic E-state index is 0. The van der Waals surface area contributed by atoms with Crippen molar-refractivity contribution in [3.8, 4) is 0 Å². The van der Waals surface area contributed by atoms with Crippen molar-refractivity contribution in [3.63, 3.8) is 0 Å². The Hall–Kier alpha value is -0.0800. The molecule has 0 amide bonds. The van der Waals surface area contributed by atoms with Gasteiger partial charge in [0.15, 0.2) is 0 Å². The van der Waals surface area contributed by atoms with Crippen LogP contribution in [0.15, 0.2) is 0 Å². The molecule has 1 rings (SSSR count). The summed E-state index contributed by atoms with van der Waals surface area (Å²) in [5, 5.41) is 0. The van der Waals surface area contributed by atoms with Crippen molar-refractivity contribution in [2.45, 2.75) is 52.0 Å². The van der Waals surface area contributed by atoms with Gasteiger partial charge in [0.2, 0.25) is 0 Å². The highest BCUT2D eigenvalue weighted by atomic mass is 16.0. The summed E-state index contributed by atoms with van der Waals surface area (Å²) in [6.45, 7) is 6.97. The van der Waals surface area contributed by atoms with Crippen molar-refractivity contribution in [2.24, 2.45) is 11.8 Å². The molecule has 0 bridgehead atoms. The fourth-order valence-corrected chi connectivity index (χ4v) is 2.05. The summed E-state index contributed by atoms with van der Waals surface area (Å²) in [6.07, 6.45) is 5.49. The van der Waals surface area contributed by atoms with Gasteiger partial charge in [0.05, 0.1) is 5.54 Å². The molecule has 0 aromatic heterocycles.